The van der Waals surface area contributed by atoms with E-state index in [4.69, 9.17) is 19.0 Å². The van der Waals surface area contributed by atoms with Crippen LogP contribution < -0.4 is 24.8 Å². The first-order chi connectivity index (χ1) is 21.1. The summed E-state index contributed by atoms with van der Waals surface area (Å²) >= 11 is 3.54. The summed E-state index contributed by atoms with van der Waals surface area (Å²) in [6.07, 6.45) is 8.55. The zero-order valence-electron chi connectivity index (χ0n) is 25.2. The molecule has 2 N–H and O–H groups in total. The number of aryl methyl sites for hydroxylation is 1. The van der Waals surface area contributed by atoms with Gasteiger partial charge in [-0.2, -0.15) is 10.1 Å². The van der Waals surface area contributed by atoms with Crippen LogP contribution in [0.2, 0.25) is 0 Å². The van der Waals surface area contributed by atoms with Crippen molar-refractivity contribution in [3.63, 3.8) is 0 Å². The Morgan fingerprint density at radius 2 is 1.84 bits per heavy atom. The van der Waals surface area contributed by atoms with E-state index >= 15 is 0 Å². The third-order valence-corrected chi connectivity index (χ3v) is 7.73. The molecule has 0 fully saturated rings. The van der Waals surface area contributed by atoms with Crippen molar-refractivity contribution in [2.75, 3.05) is 63.3 Å². The van der Waals surface area contributed by atoms with E-state index < -0.39 is 7.37 Å². The lowest BCUT2D eigenvalue weighted by atomic mass is 10.0. The number of fused-ring (bicyclic) bond motifs is 1. The van der Waals surface area contributed by atoms with Crippen molar-refractivity contribution >= 4 is 63.2 Å². The number of methoxy groups -OCH3 is 2. The van der Waals surface area contributed by atoms with Gasteiger partial charge in [-0.15, -0.1) is 0 Å². The number of anilines is 5. The van der Waals surface area contributed by atoms with Crippen LogP contribution in [0, 0.1) is 0 Å². The smallest absolute Gasteiger partial charge is 0.242 e. The molecule has 44 heavy (non-hydrogen) atoms. The second-order valence-corrected chi connectivity index (χ2v) is 13.8. The zero-order chi connectivity index (χ0) is 31.4. The van der Waals surface area contributed by atoms with Crippen molar-refractivity contribution in [2.45, 2.75) is 0 Å². The number of benzene rings is 2. The van der Waals surface area contributed by atoms with Crippen LogP contribution in [0.5, 0.6) is 11.5 Å². The molecule has 0 spiro atoms. The fourth-order valence-corrected chi connectivity index (χ4v) is 5.39. The van der Waals surface area contributed by atoms with Crippen molar-refractivity contribution in [2.24, 2.45) is 7.05 Å². The fraction of sp³-hybridized carbons (Fsp3) is 0.276. The summed E-state index contributed by atoms with van der Waals surface area (Å²) in [7, 11) is 4.23. The molecular formula is C29H33BrN9O4P. The van der Waals surface area contributed by atoms with Crippen molar-refractivity contribution in [3.8, 4) is 22.6 Å². The number of ether oxygens (including phenoxy) is 2. The molecular weight excluding hydrogens is 649 g/mol. The lowest BCUT2D eigenvalue weighted by molar-refractivity contribution is 0.206. The average Bonchev–Trinajstić information content (AvgIpc) is 3.43. The molecule has 230 valence electrons. The molecule has 0 aliphatic carbocycles. The molecule has 0 atom stereocenters. The molecule has 13 nitrogen and oxygen atoms in total. The topological polar surface area (TPSA) is 141 Å². The highest BCUT2D eigenvalue weighted by Gasteiger charge is 2.20. The van der Waals surface area contributed by atoms with Crippen molar-refractivity contribution < 1.29 is 18.6 Å². The summed E-state index contributed by atoms with van der Waals surface area (Å²) < 4.78 is 32.0. The third-order valence-electron chi connectivity index (χ3n) is 6.52. The van der Waals surface area contributed by atoms with Gasteiger partial charge in [0.2, 0.25) is 13.3 Å². The lowest BCUT2D eigenvalue weighted by Gasteiger charge is -2.24. The predicted octanol–water partition coefficient (Wildman–Crippen LogP) is 6.08. The molecule has 0 saturated heterocycles. The van der Waals surface area contributed by atoms with E-state index in [1.54, 1.807) is 63.0 Å². The molecule has 2 aromatic carbocycles. The standard InChI is InChI=1S/C29H33BrN9O4P/c1-38(11-12-41-3)24-14-25(42-4)23(13-19(24)18-15-34-39(2)17-18)36-29-33-16-20(30)28(37-29)35-22-8-7-21-26(32-10-9-31-21)27(22)43-44(5,6)40/h7-10,13-17H,11-12H2,1-6H3,(H2,33,35,36,37). The molecule has 5 rings (SSSR count). The Kier molecular flexibility index (Phi) is 9.33. The molecule has 0 unspecified atom stereocenters. The van der Waals surface area contributed by atoms with Gasteiger partial charge >= 0.3 is 0 Å². The summed E-state index contributed by atoms with van der Waals surface area (Å²) in [5, 5.41) is 11.0. The zero-order valence-corrected chi connectivity index (χ0v) is 27.7. The molecule has 0 aliphatic rings. The maximum Gasteiger partial charge on any atom is 0.242 e. The molecule has 3 heterocycles. The maximum atomic E-state index is 12.7. The van der Waals surface area contributed by atoms with Gasteiger partial charge in [0.1, 0.15) is 17.1 Å². The predicted molar refractivity (Wildman–Crippen MR) is 176 cm³/mol. The number of hydrogen-bond acceptors (Lipinski definition) is 12. The van der Waals surface area contributed by atoms with E-state index in [0.717, 1.165) is 16.8 Å². The second kappa shape index (κ2) is 13.2. The largest absolute Gasteiger partial charge is 0.494 e. The van der Waals surface area contributed by atoms with Gasteiger partial charge in [-0.05, 0) is 34.1 Å². The van der Waals surface area contributed by atoms with E-state index in [2.05, 4.69) is 51.5 Å². The van der Waals surface area contributed by atoms with Gasteiger partial charge in [0, 0.05) is 88.7 Å². The molecule has 5 aromatic rings. The molecule has 0 amide bonds. The van der Waals surface area contributed by atoms with Crippen molar-refractivity contribution in [1.82, 2.24) is 29.7 Å². The summed E-state index contributed by atoms with van der Waals surface area (Å²) in [6.45, 7) is 4.34. The van der Waals surface area contributed by atoms with Crippen LogP contribution in [0.15, 0.2) is 59.7 Å². The summed E-state index contributed by atoms with van der Waals surface area (Å²) in [6, 6.07) is 7.54. The highest BCUT2D eigenvalue weighted by molar-refractivity contribution is 9.10. The minimum absolute atomic E-state index is 0.311. The second-order valence-electron chi connectivity index (χ2n) is 10.2. The average molecular weight is 683 g/mol. The minimum Gasteiger partial charge on any atom is -0.494 e. The Morgan fingerprint density at radius 1 is 1.05 bits per heavy atom. The highest BCUT2D eigenvalue weighted by Crippen LogP contribution is 2.46. The number of likely N-dealkylation sites (N-methyl/N-ethyl adjacent to an activating group) is 1. The third kappa shape index (κ3) is 7.09. The van der Waals surface area contributed by atoms with Gasteiger partial charge in [-0.25, -0.2) is 9.97 Å². The number of nitrogens with one attached hydrogen (secondary N) is 2. The van der Waals surface area contributed by atoms with Crippen LogP contribution >= 0.6 is 23.3 Å². The van der Waals surface area contributed by atoms with Gasteiger partial charge in [-0.1, -0.05) is 0 Å². The van der Waals surface area contributed by atoms with E-state index in [1.165, 1.54) is 0 Å². The lowest BCUT2D eigenvalue weighted by Crippen LogP contribution is -2.22. The Bertz CT molecular complexity index is 1850. The van der Waals surface area contributed by atoms with Crippen LogP contribution in [0.3, 0.4) is 0 Å². The molecule has 0 saturated carbocycles. The van der Waals surface area contributed by atoms with E-state index in [-0.39, 0.29) is 0 Å². The number of rotatable bonds is 12. The summed E-state index contributed by atoms with van der Waals surface area (Å²) in [5.74, 6) is 1.68. The van der Waals surface area contributed by atoms with Gasteiger partial charge in [0.05, 0.1) is 41.3 Å². The quantitative estimate of drug-likeness (QED) is 0.147. The van der Waals surface area contributed by atoms with Gasteiger partial charge in [0.25, 0.3) is 0 Å². The molecule has 0 aliphatic heterocycles. The normalized spacial score (nSPS) is 11.4. The Hall–Kier alpha value is -4.26. The summed E-state index contributed by atoms with van der Waals surface area (Å²) in [5.41, 5.74) is 5.10. The van der Waals surface area contributed by atoms with E-state index in [1.807, 2.05) is 38.6 Å². The monoisotopic (exact) mass is 681 g/mol. The van der Waals surface area contributed by atoms with Crippen LogP contribution in [0.4, 0.5) is 28.8 Å². The van der Waals surface area contributed by atoms with Crippen LogP contribution in [-0.2, 0) is 16.3 Å². The Labute approximate surface area is 263 Å². The first-order valence-corrected chi connectivity index (χ1v) is 16.8. The van der Waals surface area contributed by atoms with Gasteiger partial charge in [0.15, 0.2) is 5.75 Å². The Morgan fingerprint density at radius 3 is 2.55 bits per heavy atom. The number of hydrogen-bond donors (Lipinski definition) is 2. The van der Waals surface area contributed by atoms with Crippen LogP contribution in [0.25, 0.3) is 22.2 Å². The van der Waals surface area contributed by atoms with Gasteiger partial charge in [-0.3, -0.25) is 14.2 Å². The number of aromatic nitrogens is 6. The minimum atomic E-state index is -2.94. The van der Waals surface area contributed by atoms with Crippen LogP contribution in [-0.4, -0.2) is 77.5 Å². The van der Waals surface area contributed by atoms with E-state index in [9.17, 15) is 4.57 Å². The fourth-order valence-electron chi connectivity index (χ4n) is 4.48. The molecule has 0 bridgehead atoms. The highest BCUT2D eigenvalue weighted by atomic mass is 79.9. The first-order valence-electron chi connectivity index (χ1n) is 13.5. The SMILES string of the molecule is COCCN(C)c1cc(OC)c(Nc2ncc(Br)c(Nc3ccc4nccnc4c3OP(C)(C)=O)n2)cc1-c1cnn(C)c1. The molecule has 15 heteroatoms. The maximum absolute atomic E-state index is 12.7. The molecule has 0 radical (unpaired) electrons. The number of nitrogens with zero attached hydrogens (tertiary/aromatic N) is 7. The summed E-state index contributed by atoms with van der Waals surface area (Å²) in [4.78, 5) is 20.1. The Balaban J connectivity index is 1.52. The van der Waals surface area contributed by atoms with Crippen molar-refractivity contribution in [3.05, 3.63) is 59.7 Å². The van der Waals surface area contributed by atoms with Crippen LogP contribution in [0.1, 0.15) is 0 Å². The van der Waals surface area contributed by atoms with Crippen molar-refractivity contribution in [1.29, 1.82) is 0 Å². The first kappa shape index (κ1) is 31.2. The number of halogens is 1. The molecule has 3 aromatic heterocycles. The van der Waals surface area contributed by atoms with E-state index in [0.29, 0.717) is 63.3 Å². The van der Waals surface area contributed by atoms with Gasteiger partial charge < -0.3 is 29.5 Å².